The fraction of sp³-hybridized carbons (Fsp3) is 0.412. The molecule has 21 heavy (non-hydrogen) atoms. The van der Waals surface area contributed by atoms with Gasteiger partial charge >= 0.3 is 0 Å². The highest BCUT2D eigenvalue weighted by Gasteiger charge is 2.26. The standard InChI is InChI=1S/C17H21N3O/c1-11(2)16-9-14(13-5-3-4-6-15(13)19-16)17(21)20-8-7-12(18)10-20/h3-6,9,11-12H,7-8,10,18H2,1-2H3/t12-/m1/s1. The lowest BCUT2D eigenvalue weighted by molar-refractivity contribution is 0.0792. The first-order valence-electron chi connectivity index (χ1n) is 7.51. The first-order valence-corrected chi connectivity index (χ1v) is 7.51. The average Bonchev–Trinajstić information content (AvgIpc) is 2.92. The van der Waals surface area contributed by atoms with E-state index in [9.17, 15) is 4.79 Å². The second-order valence-corrected chi connectivity index (χ2v) is 6.07. The zero-order valence-electron chi connectivity index (χ0n) is 12.5. The Morgan fingerprint density at radius 2 is 2.14 bits per heavy atom. The zero-order valence-corrected chi connectivity index (χ0v) is 12.5. The van der Waals surface area contributed by atoms with Crippen molar-refractivity contribution in [2.75, 3.05) is 13.1 Å². The van der Waals surface area contributed by atoms with Crippen LogP contribution >= 0.6 is 0 Å². The third-order valence-electron chi connectivity index (χ3n) is 4.07. The van der Waals surface area contributed by atoms with E-state index in [-0.39, 0.29) is 11.9 Å². The zero-order chi connectivity index (χ0) is 15.0. The Morgan fingerprint density at radius 3 is 2.81 bits per heavy atom. The minimum absolute atomic E-state index is 0.0726. The Morgan fingerprint density at radius 1 is 1.38 bits per heavy atom. The summed E-state index contributed by atoms with van der Waals surface area (Å²) < 4.78 is 0. The van der Waals surface area contributed by atoms with E-state index in [1.54, 1.807) is 0 Å². The van der Waals surface area contributed by atoms with Gasteiger partial charge in [-0.05, 0) is 24.5 Å². The molecule has 0 radical (unpaired) electrons. The molecule has 2 aromatic rings. The van der Waals surface area contributed by atoms with Crippen molar-refractivity contribution in [2.24, 2.45) is 5.73 Å². The Hall–Kier alpha value is -1.94. The SMILES string of the molecule is CC(C)c1cc(C(=O)N2CC[C@@H](N)C2)c2ccccc2n1. The molecule has 1 aliphatic rings. The van der Waals surface area contributed by atoms with Crippen LogP contribution < -0.4 is 5.73 Å². The Kier molecular flexibility index (Phi) is 3.64. The number of carbonyl (C=O) groups is 1. The molecule has 0 spiro atoms. The monoisotopic (exact) mass is 283 g/mol. The summed E-state index contributed by atoms with van der Waals surface area (Å²) in [5, 5.41) is 0.923. The number of amides is 1. The molecule has 0 bridgehead atoms. The van der Waals surface area contributed by atoms with Crippen molar-refractivity contribution in [3.8, 4) is 0 Å². The van der Waals surface area contributed by atoms with Crippen molar-refractivity contribution in [3.63, 3.8) is 0 Å². The molecule has 1 amide bonds. The maximum atomic E-state index is 12.8. The normalized spacial score (nSPS) is 18.7. The van der Waals surface area contributed by atoms with Gasteiger partial charge in [0.2, 0.25) is 0 Å². The van der Waals surface area contributed by atoms with Gasteiger partial charge in [0.1, 0.15) is 0 Å². The molecule has 1 aliphatic heterocycles. The molecule has 0 aliphatic carbocycles. The van der Waals surface area contributed by atoms with Gasteiger partial charge < -0.3 is 10.6 Å². The Bertz CT molecular complexity index is 681. The Balaban J connectivity index is 2.09. The maximum absolute atomic E-state index is 12.8. The summed E-state index contributed by atoms with van der Waals surface area (Å²) in [5.41, 5.74) is 8.52. The first kappa shape index (κ1) is 14.0. The molecule has 3 rings (SSSR count). The molecule has 1 fully saturated rings. The van der Waals surface area contributed by atoms with Gasteiger partial charge in [-0.25, -0.2) is 0 Å². The molecule has 110 valence electrons. The van der Waals surface area contributed by atoms with Crippen LogP contribution in [0, 0.1) is 0 Å². The topological polar surface area (TPSA) is 59.2 Å². The number of likely N-dealkylation sites (tertiary alicyclic amines) is 1. The van der Waals surface area contributed by atoms with Crippen LogP contribution in [0.4, 0.5) is 0 Å². The van der Waals surface area contributed by atoms with Crippen molar-refractivity contribution >= 4 is 16.8 Å². The molecule has 0 saturated carbocycles. The van der Waals surface area contributed by atoms with Crippen LogP contribution in [0.2, 0.25) is 0 Å². The van der Waals surface area contributed by atoms with E-state index in [2.05, 4.69) is 18.8 Å². The highest BCUT2D eigenvalue weighted by atomic mass is 16.2. The predicted octanol–water partition coefficient (Wildman–Crippen LogP) is 2.53. The quantitative estimate of drug-likeness (QED) is 0.921. The number of nitrogens with zero attached hydrogens (tertiary/aromatic N) is 2. The molecule has 1 saturated heterocycles. The van der Waals surface area contributed by atoms with Gasteiger partial charge in [-0.15, -0.1) is 0 Å². The van der Waals surface area contributed by atoms with Crippen molar-refractivity contribution in [3.05, 3.63) is 41.6 Å². The number of hydrogen-bond acceptors (Lipinski definition) is 3. The minimum atomic E-state index is 0.0726. The van der Waals surface area contributed by atoms with Crippen LogP contribution in [0.25, 0.3) is 10.9 Å². The second-order valence-electron chi connectivity index (χ2n) is 6.07. The summed E-state index contributed by atoms with van der Waals surface area (Å²) >= 11 is 0. The van der Waals surface area contributed by atoms with E-state index in [1.165, 1.54) is 0 Å². The number of pyridine rings is 1. The number of carbonyl (C=O) groups excluding carboxylic acids is 1. The molecule has 2 heterocycles. The van der Waals surface area contributed by atoms with Gasteiger partial charge in [0.05, 0.1) is 11.1 Å². The van der Waals surface area contributed by atoms with Crippen LogP contribution in [0.15, 0.2) is 30.3 Å². The van der Waals surface area contributed by atoms with E-state index in [1.807, 2.05) is 35.2 Å². The third-order valence-corrected chi connectivity index (χ3v) is 4.07. The van der Waals surface area contributed by atoms with E-state index < -0.39 is 0 Å². The number of aromatic nitrogens is 1. The fourth-order valence-corrected chi connectivity index (χ4v) is 2.81. The lowest BCUT2D eigenvalue weighted by atomic mass is 10.0. The summed E-state index contributed by atoms with van der Waals surface area (Å²) in [6.45, 7) is 5.58. The fourth-order valence-electron chi connectivity index (χ4n) is 2.81. The van der Waals surface area contributed by atoms with Gasteiger partial charge in [0, 0.05) is 30.2 Å². The minimum Gasteiger partial charge on any atom is -0.337 e. The van der Waals surface area contributed by atoms with Crippen LogP contribution in [-0.2, 0) is 0 Å². The summed E-state index contributed by atoms with van der Waals surface area (Å²) in [6, 6.07) is 9.89. The van der Waals surface area contributed by atoms with E-state index in [0.717, 1.165) is 35.1 Å². The third kappa shape index (κ3) is 2.63. The highest BCUT2D eigenvalue weighted by molar-refractivity contribution is 6.06. The van der Waals surface area contributed by atoms with Gasteiger partial charge in [0.25, 0.3) is 5.91 Å². The predicted molar refractivity (Wildman–Crippen MR) is 84.3 cm³/mol. The van der Waals surface area contributed by atoms with Gasteiger partial charge in [-0.3, -0.25) is 9.78 Å². The number of para-hydroxylation sites is 1. The summed E-state index contributed by atoms with van der Waals surface area (Å²) in [5.74, 6) is 0.366. The van der Waals surface area contributed by atoms with Crippen molar-refractivity contribution in [1.29, 1.82) is 0 Å². The van der Waals surface area contributed by atoms with E-state index in [4.69, 9.17) is 5.73 Å². The molecule has 1 aromatic carbocycles. The van der Waals surface area contributed by atoms with E-state index in [0.29, 0.717) is 12.5 Å². The second kappa shape index (κ2) is 5.45. The van der Waals surface area contributed by atoms with Crippen LogP contribution in [0.1, 0.15) is 42.2 Å². The molecule has 1 atom stereocenters. The molecule has 1 aromatic heterocycles. The molecule has 0 unspecified atom stereocenters. The van der Waals surface area contributed by atoms with E-state index >= 15 is 0 Å². The number of fused-ring (bicyclic) bond motifs is 1. The van der Waals surface area contributed by atoms with Gasteiger partial charge in [-0.2, -0.15) is 0 Å². The molecular weight excluding hydrogens is 262 g/mol. The van der Waals surface area contributed by atoms with Crippen molar-refractivity contribution in [2.45, 2.75) is 32.2 Å². The average molecular weight is 283 g/mol. The molecule has 2 N–H and O–H groups in total. The van der Waals surface area contributed by atoms with Gasteiger partial charge in [-0.1, -0.05) is 32.0 Å². The van der Waals surface area contributed by atoms with Crippen LogP contribution in [0.3, 0.4) is 0 Å². The van der Waals surface area contributed by atoms with Gasteiger partial charge in [0.15, 0.2) is 0 Å². The molecular formula is C17H21N3O. The number of nitrogens with two attached hydrogens (primary N) is 1. The summed E-state index contributed by atoms with van der Waals surface area (Å²) in [4.78, 5) is 19.3. The highest BCUT2D eigenvalue weighted by Crippen LogP contribution is 2.24. The Labute approximate surface area is 125 Å². The molecule has 4 nitrogen and oxygen atoms in total. The summed E-state index contributed by atoms with van der Waals surface area (Å²) in [7, 11) is 0. The van der Waals surface area contributed by atoms with Crippen molar-refractivity contribution < 1.29 is 4.79 Å². The summed E-state index contributed by atoms with van der Waals surface area (Å²) in [6.07, 6.45) is 0.881. The van der Waals surface area contributed by atoms with Crippen LogP contribution in [0.5, 0.6) is 0 Å². The molecule has 4 heteroatoms. The number of benzene rings is 1. The van der Waals surface area contributed by atoms with Crippen LogP contribution in [-0.4, -0.2) is 34.9 Å². The van der Waals surface area contributed by atoms with Crippen molar-refractivity contribution in [1.82, 2.24) is 9.88 Å². The maximum Gasteiger partial charge on any atom is 0.254 e. The lowest BCUT2D eigenvalue weighted by Crippen LogP contribution is -2.32. The number of hydrogen-bond donors (Lipinski definition) is 1. The lowest BCUT2D eigenvalue weighted by Gasteiger charge is -2.18. The largest absolute Gasteiger partial charge is 0.337 e. The first-order chi connectivity index (χ1) is 10.1. The smallest absolute Gasteiger partial charge is 0.254 e. The number of rotatable bonds is 2.